The monoisotopic (exact) mass is 260 g/mol. The highest BCUT2D eigenvalue weighted by Gasteiger charge is 2.33. The molecule has 4 heteroatoms. The van der Waals surface area contributed by atoms with Crippen LogP contribution in [0, 0.1) is 5.92 Å². The number of hydrogen-bond donors (Lipinski definition) is 1. The van der Waals surface area contributed by atoms with Gasteiger partial charge in [0.25, 0.3) is 0 Å². The Labute approximate surface area is 111 Å². The average Bonchev–Trinajstić information content (AvgIpc) is 2.28. The number of hydrogen-bond acceptors (Lipinski definition) is 2. The van der Waals surface area contributed by atoms with Crippen LogP contribution in [0.5, 0.6) is 0 Å². The lowest BCUT2D eigenvalue weighted by Crippen LogP contribution is -2.54. The van der Waals surface area contributed by atoms with Gasteiger partial charge in [0, 0.05) is 13.1 Å². The molecule has 3 nitrogen and oxygen atoms in total. The van der Waals surface area contributed by atoms with E-state index in [1.54, 1.807) is 0 Å². The van der Waals surface area contributed by atoms with Gasteiger partial charge >= 0.3 is 0 Å². The molecule has 1 amide bonds. The van der Waals surface area contributed by atoms with Gasteiger partial charge in [-0.1, -0.05) is 19.4 Å². The van der Waals surface area contributed by atoms with Gasteiger partial charge in [-0.05, 0) is 32.1 Å². The van der Waals surface area contributed by atoms with Crippen LogP contribution in [0.3, 0.4) is 0 Å². The van der Waals surface area contributed by atoms with E-state index in [0.29, 0.717) is 5.92 Å². The average molecular weight is 261 g/mol. The van der Waals surface area contributed by atoms with Crippen molar-refractivity contribution in [2.24, 2.45) is 11.7 Å². The van der Waals surface area contributed by atoms with Gasteiger partial charge in [-0.15, -0.1) is 19.0 Å². The Morgan fingerprint density at radius 2 is 2.06 bits per heavy atom. The van der Waals surface area contributed by atoms with Crippen LogP contribution in [0.15, 0.2) is 12.7 Å². The molecular weight excluding hydrogens is 236 g/mol. The molecule has 1 rings (SSSR count). The highest BCUT2D eigenvalue weighted by Crippen LogP contribution is 2.21. The van der Waals surface area contributed by atoms with Gasteiger partial charge in [-0.3, -0.25) is 4.79 Å². The summed E-state index contributed by atoms with van der Waals surface area (Å²) in [7, 11) is 0. The summed E-state index contributed by atoms with van der Waals surface area (Å²) >= 11 is 0. The zero-order valence-electron chi connectivity index (χ0n) is 10.9. The van der Waals surface area contributed by atoms with Crippen molar-refractivity contribution in [3.63, 3.8) is 0 Å². The second-order valence-electron chi connectivity index (χ2n) is 5.03. The van der Waals surface area contributed by atoms with Gasteiger partial charge in [0.15, 0.2) is 0 Å². The molecule has 1 fully saturated rings. The van der Waals surface area contributed by atoms with Crippen molar-refractivity contribution in [3.8, 4) is 0 Å². The minimum Gasteiger partial charge on any atom is -0.341 e. The summed E-state index contributed by atoms with van der Waals surface area (Å²) in [5, 5.41) is 0. The topological polar surface area (TPSA) is 46.3 Å². The summed E-state index contributed by atoms with van der Waals surface area (Å²) in [6.45, 7) is 9.36. The quantitative estimate of drug-likeness (QED) is 0.789. The van der Waals surface area contributed by atoms with E-state index in [4.69, 9.17) is 5.73 Å². The third-order valence-electron chi connectivity index (χ3n) is 3.42. The Morgan fingerprint density at radius 1 is 1.53 bits per heavy atom. The van der Waals surface area contributed by atoms with Crippen LogP contribution in [-0.4, -0.2) is 29.4 Å². The normalized spacial score (nSPS) is 20.3. The molecule has 1 aliphatic heterocycles. The first-order valence-electron chi connectivity index (χ1n) is 6.22. The summed E-state index contributed by atoms with van der Waals surface area (Å²) in [6, 6.07) is 0. The van der Waals surface area contributed by atoms with E-state index in [1.165, 1.54) is 0 Å². The summed E-state index contributed by atoms with van der Waals surface area (Å²) < 4.78 is 0. The second-order valence-corrected chi connectivity index (χ2v) is 5.03. The molecular formula is C13H25ClN2O. The van der Waals surface area contributed by atoms with Gasteiger partial charge in [0.2, 0.25) is 5.91 Å². The van der Waals surface area contributed by atoms with E-state index in [1.807, 2.05) is 17.9 Å². The summed E-state index contributed by atoms with van der Waals surface area (Å²) in [5.74, 6) is 0.677. The molecule has 0 aromatic rings. The Hall–Kier alpha value is -0.540. The molecule has 0 aromatic heterocycles. The zero-order valence-corrected chi connectivity index (χ0v) is 11.8. The molecule has 0 spiro atoms. The molecule has 0 aromatic carbocycles. The van der Waals surface area contributed by atoms with Crippen LogP contribution >= 0.6 is 12.4 Å². The maximum atomic E-state index is 12.2. The molecule has 0 bridgehead atoms. The van der Waals surface area contributed by atoms with Crippen molar-refractivity contribution in [1.82, 2.24) is 4.90 Å². The highest BCUT2D eigenvalue weighted by atomic mass is 35.5. The van der Waals surface area contributed by atoms with Crippen molar-refractivity contribution in [1.29, 1.82) is 0 Å². The lowest BCUT2D eigenvalue weighted by atomic mass is 9.92. The van der Waals surface area contributed by atoms with Crippen LogP contribution in [0.25, 0.3) is 0 Å². The largest absolute Gasteiger partial charge is 0.341 e. The SMILES string of the molecule is C=CC1CCN(C(=O)C(C)(N)CCC)CC1.Cl. The Kier molecular flexibility index (Phi) is 6.80. The number of piperidine rings is 1. The fraction of sp³-hybridized carbons (Fsp3) is 0.769. The number of likely N-dealkylation sites (tertiary alicyclic amines) is 1. The Bertz CT molecular complexity index is 258. The first-order chi connectivity index (χ1) is 7.51. The lowest BCUT2D eigenvalue weighted by Gasteiger charge is -2.36. The summed E-state index contributed by atoms with van der Waals surface area (Å²) in [4.78, 5) is 14.1. The van der Waals surface area contributed by atoms with Gasteiger partial charge in [0.1, 0.15) is 0 Å². The molecule has 17 heavy (non-hydrogen) atoms. The first kappa shape index (κ1) is 16.5. The minimum atomic E-state index is -0.685. The maximum Gasteiger partial charge on any atom is 0.242 e. The zero-order chi connectivity index (χ0) is 12.2. The fourth-order valence-electron chi connectivity index (χ4n) is 2.33. The molecule has 0 aliphatic carbocycles. The minimum absolute atomic E-state index is 0. The third-order valence-corrected chi connectivity index (χ3v) is 3.42. The van der Waals surface area contributed by atoms with Gasteiger partial charge < -0.3 is 10.6 Å². The van der Waals surface area contributed by atoms with Crippen LogP contribution in [-0.2, 0) is 4.79 Å². The number of amides is 1. The van der Waals surface area contributed by atoms with E-state index in [9.17, 15) is 4.79 Å². The van der Waals surface area contributed by atoms with Crippen LogP contribution in [0.4, 0.5) is 0 Å². The molecule has 0 radical (unpaired) electrons. The number of carbonyl (C=O) groups is 1. The fourth-order valence-corrected chi connectivity index (χ4v) is 2.33. The Balaban J connectivity index is 0.00000256. The smallest absolute Gasteiger partial charge is 0.242 e. The molecule has 0 saturated carbocycles. The maximum absolute atomic E-state index is 12.2. The number of halogens is 1. The Morgan fingerprint density at radius 3 is 2.47 bits per heavy atom. The number of nitrogens with zero attached hydrogens (tertiary/aromatic N) is 1. The predicted molar refractivity (Wildman–Crippen MR) is 74.2 cm³/mol. The van der Waals surface area contributed by atoms with Crippen molar-refractivity contribution in [3.05, 3.63) is 12.7 Å². The molecule has 2 N–H and O–H groups in total. The van der Waals surface area contributed by atoms with E-state index in [-0.39, 0.29) is 18.3 Å². The van der Waals surface area contributed by atoms with Crippen molar-refractivity contribution in [2.75, 3.05) is 13.1 Å². The van der Waals surface area contributed by atoms with Gasteiger partial charge in [-0.25, -0.2) is 0 Å². The number of carbonyl (C=O) groups excluding carboxylic acids is 1. The van der Waals surface area contributed by atoms with Crippen molar-refractivity contribution >= 4 is 18.3 Å². The van der Waals surface area contributed by atoms with E-state index >= 15 is 0 Å². The van der Waals surface area contributed by atoms with Crippen molar-refractivity contribution < 1.29 is 4.79 Å². The van der Waals surface area contributed by atoms with Crippen LogP contribution in [0.1, 0.15) is 39.5 Å². The summed E-state index contributed by atoms with van der Waals surface area (Å²) in [6.07, 6.45) is 5.75. The predicted octanol–water partition coefficient (Wildman–Crippen LogP) is 2.35. The highest BCUT2D eigenvalue weighted by molar-refractivity contribution is 5.86. The van der Waals surface area contributed by atoms with Crippen LogP contribution in [0.2, 0.25) is 0 Å². The van der Waals surface area contributed by atoms with E-state index in [2.05, 4.69) is 13.5 Å². The number of allylic oxidation sites excluding steroid dienone is 1. The van der Waals surface area contributed by atoms with Crippen molar-refractivity contribution in [2.45, 2.75) is 45.1 Å². The standard InChI is InChI=1S/C13H24N2O.ClH/c1-4-8-13(3,14)12(16)15-9-6-11(5-2)7-10-15;/h5,11H,2,4,6-10,14H2,1,3H3;1H. The number of rotatable bonds is 4. The summed E-state index contributed by atoms with van der Waals surface area (Å²) in [5.41, 5.74) is 5.37. The van der Waals surface area contributed by atoms with E-state index < -0.39 is 5.54 Å². The van der Waals surface area contributed by atoms with Gasteiger partial charge in [0.05, 0.1) is 5.54 Å². The molecule has 1 aliphatic rings. The van der Waals surface area contributed by atoms with E-state index in [0.717, 1.165) is 38.8 Å². The molecule has 100 valence electrons. The van der Waals surface area contributed by atoms with Crippen LogP contribution < -0.4 is 5.73 Å². The molecule has 1 heterocycles. The second kappa shape index (κ2) is 7.02. The molecule has 1 saturated heterocycles. The van der Waals surface area contributed by atoms with Gasteiger partial charge in [-0.2, -0.15) is 0 Å². The molecule has 1 unspecified atom stereocenters. The lowest BCUT2D eigenvalue weighted by molar-refractivity contribution is -0.137. The number of nitrogens with two attached hydrogens (primary N) is 1. The molecule has 1 atom stereocenters. The first-order valence-corrected chi connectivity index (χ1v) is 6.22. The third kappa shape index (κ3) is 4.32.